The van der Waals surface area contributed by atoms with Crippen LogP contribution in [0.25, 0.3) is 0 Å². The Labute approximate surface area is 119 Å². The molecule has 1 atom stereocenters. The van der Waals surface area contributed by atoms with Gasteiger partial charge in [-0.2, -0.15) is 0 Å². The van der Waals surface area contributed by atoms with Crippen molar-refractivity contribution in [3.63, 3.8) is 0 Å². The first-order chi connectivity index (χ1) is 9.72. The van der Waals surface area contributed by atoms with Crippen LogP contribution in [0.2, 0.25) is 0 Å². The van der Waals surface area contributed by atoms with Crippen LogP contribution >= 0.6 is 0 Å². The van der Waals surface area contributed by atoms with E-state index in [0.717, 1.165) is 37.3 Å². The molecule has 1 aromatic heterocycles. The second-order valence-electron chi connectivity index (χ2n) is 5.86. The summed E-state index contributed by atoms with van der Waals surface area (Å²) in [7, 11) is 0. The van der Waals surface area contributed by atoms with E-state index < -0.39 is 0 Å². The maximum absolute atomic E-state index is 10.5. The lowest BCUT2D eigenvalue weighted by Gasteiger charge is -2.36. The number of pyridine rings is 1. The minimum Gasteiger partial charge on any atom is -0.506 e. The molecule has 0 bridgehead atoms. The van der Waals surface area contributed by atoms with Gasteiger partial charge in [-0.1, -0.05) is 0 Å². The molecule has 1 aliphatic carbocycles. The third kappa shape index (κ3) is 2.53. The van der Waals surface area contributed by atoms with E-state index in [2.05, 4.69) is 15.2 Å². The Bertz CT molecular complexity index is 482. The summed E-state index contributed by atoms with van der Waals surface area (Å²) in [5.74, 6) is 0.873. The van der Waals surface area contributed by atoms with Gasteiger partial charge in [0, 0.05) is 49.5 Å². The molecule has 1 aromatic rings. The zero-order valence-corrected chi connectivity index (χ0v) is 12.0. The van der Waals surface area contributed by atoms with Crippen molar-refractivity contribution in [1.29, 1.82) is 0 Å². The van der Waals surface area contributed by atoms with Crippen LogP contribution < -0.4 is 5.32 Å². The number of aliphatic hydroxyl groups is 1. The van der Waals surface area contributed by atoms with Crippen molar-refractivity contribution >= 4 is 0 Å². The third-order valence-corrected chi connectivity index (χ3v) is 4.44. The number of aromatic nitrogens is 1. The molecule has 3 N–H and O–H groups in total. The maximum Gasteiger partial charge on any atom is 0.141 e. The molecule has 0 amide bonds. The Morgan fingerprint density at radius 3 is 2.70 bits per heavy atom. The molecule has 2 aliphatic rings. The SMILES string of the molecule is Cc1ncc(CO)c([C@@H](C2CC2)N2CCNCC2)c1O. The zero-order valence-electron chi connectivity index (χ0n) is 12.0. The Balaban J connectivity index is 2.00. The van der Waals surface area contributed by atoms with Crippen molar-refractivity contribution in [2.24, 2.45) is 5.92 Å². The normalized spacial score (nSPS) is 21.9. The number of piperazine rings is 1. The molecule has 20 heavy (non-hydrogen) atoms. The van der Waals surface area contributed by atoms with Crippen molar-refractivity contribution in [2.45, 2.75) is 32.4 Å². The van der Waals surface area contributed by atoms with Crippen LogP contribution in [-0.4, -0.2) is 46.3 Å². The summed E-state index contributed by atoms with van der Waals surface area (Å²) >= 11 is 0. The summed E-state index contributed by atoms with van der Waals surface area (Å²) in [5.41, 5.74) is 2.32. The topological polar surface area (TPSA) is 68.6 Å². The largest absolute Gasteiger partial charge is 0.506 e. The molecule has 0 unspecified atom stereocenters. The van der Waals surface area contributed by atoms with Gasteiger partial charge in [-0.05, 0) is 25.7 Å². The molecular weight excluding hydrogens is 254 g/mol. The first kappa shape index (κ1) is 13.8. The molecule has 1 saturated carbocycles. The highest BCUT2D eigenvalue weighted by atomic mass is 16.3. The molecule has 110 valence electrons. The van der Waals surface area contributed by atoms with Gasteiger partial charge in [0.1, 0.15) is 5.75 Å². The summed E-state index contributed by atoms with van der Waals surface area (Å²) < 4.78 is 0. The highest BCUT2D eigenvalue weighted by Gasteiger charge is 2.39. The summed E-state index contributed by atoms with van der Waals surface area (Å²) in [5, 5.41) is 23.4. The second kappa shape index (κ2) is 5.68. The van der Waals surface area contributed by atoms with Crippen LogP contribution in [0.3, 0.4) is 0 Å². The quantitative estimate of drug-likeness (QED) is 0.764. The lowest BCUT2D eigenvalue weighted by atomic mass is 9.94. The van der Waals surface area contributed by atoms with Gasteiger partial charge in [-0.3, -0.25) is 9.88 Å². The molecule has 5 nitrogen and oxygen atoms in total. The van der Waals surface area contributed by atoms with Gasteiger partial charge in [0.2, 0.25) is 0 Å². The van der Waals surface area contributed by atoms with E-state index in [0.29, 0.717) is 11.6 Å². The van der Waals surface area contributed by atoms with Crippen molar-refractivity contribution < 1.29 is 10.2 Å². The first-order valence-corrected chi connectivity index (χ1v) is 7.45. The van der Waals surface area contributed by atoms with E-state index in [4.69, 9.17) is 0 Å². The molecule has 2 fully saturated rings. The van der Waals surface area contributed by atoms with Crippen LogP contribution in [0.4, 0.5) is 0 Å². The maximum atomic E-state index is 10.5. The number of nitrogens with one attached hydrogen (secondary N) is 1. The van der Waals surface area contributed by atoms with Gasteiger partial charge in [0.15, 0.2) is 0 Å². The van der Waals surface area contributed by atoms with Crippen LogP contribution in [-0.2, 0) is 6.61 Å². The second-order valence-corrected chi connectivity index (χ2v) is 5.86. The molecule has 5 heteroatoms. The smallest absolute Gasteiger partial charge is 0.141 e. The standard InChI is InChI=1S/C15H23N3O2/c1-10-15(20)13(12(9-19)8-17-10)14(11-2-3-11)18-6-4-16-5-7-18/h8,11,14,16,19-20H,2-7,9H2,1H3/t14-/m1/s1. The van der Waals surface area contributed by atoms with E-state index in [1.54, 1.807) is 6.20 Å². The zero-order chi connectivity index (χ0) is 14.1. The van der Waals surface area contributed by atoms with E-state index in [1.807, 2.05) is 6.92 Å². The lowest BCUT2D eigenvalue weighted by Crippen LogP contribution is -2.46. The average molecular weight is 277 g/mol. The molecule has 0 aromatic carbocycles. The predicted molar refractivity (Wildman–Crippen MR) is 76.5 cm³/mol. The molecule has 1 aliphatic heterocycles. The van der Waals surface area contributed by atoms with E-state index >= 15 is 0 Å². The van der Waals surface area contributed by atoms with Crippen molar-refractivity contribution in [3.05, 3.63) is 23.0 Å². The van der Waals surface area contributed by atoms with Gasteiger partial charge in [0.25, 0.3) is 0 Å². The molecule has 1 saturated heterocycles. The predicted octanol–water partition coefficient (Wildman–Crippen LogP) is 0.944. The van der Waals surface area contributed by atoms with Crippen molar-refractivity contribution in [3.8, 4) is 5.75 Å². The molecular formula is C15H23N3O2. The van der Waals surface area contributed by atoms with Crippen molar-refractivity contribution in [1.82, 2.24) is 15.2 Å². The van der Waals surface area contributed by atoms with Gasteiger partial charge in [-0.25, -0.2) is 0 Å². The third-order valence-electron chi connectivity index (χ3n) is 4.44. The van der Waals surface area contributed by atoms with Gasteiger partial charge >= 0.3 is 0 Å². The number of aliphatic hydroxyl groups excluding tert-OH is 1. The Morgan fingerprint density at radius 1 is 1.40 bits per heavy atom. The fraction of sp³-hybridized carbons (Fsp3) is 0.667. The molecule has 0 radical (unpaired) electrons. The molecule has 3 rings (SSSR count). The summed E-state index contributed by atoms with van der Waals surface area (Å²) in [6.45, 7) is 5.72. The first-order valence-electron chi connectivity index (χ1n) is 7.45. The van der Waals surface area contributed by atoms with Crippen LogP contribution in [0.5, 0.6) is 5.75 Å². The van der Waals surface area contributed by atoms with Crippen LogP contribution in [0.15, 0.2) is 6.20 Å². The fourth-order valence-corrected chi connectivity index (χ4v) is 3.20. The average Bonchev–Trinajstić information content (AvgIpc) is 3.30. The number of hydrogen-bond acceptors (Lipinski definition) is 5. The summed E-state index contributed by atoms with van der Waals surface area (Å²) in [6, 6.07) is 0.223. The minimum absolute atomic E-state index is 0.0640. The number of hydrogen-bond donors (Lipinski definition) is 3. The highest BCUT2D eigenvalue weighted by molar-refractivity contribution is 5.43. The monoisotopic (exact) mass is 277 g/mol. The van der Waals surface area contributed by atoms with Gasteiger partial charge < -0.3 is 15.5 Å². The van der Waals surface area contributed by atoms with E-state index in [1.165, 1.54) is 12.8 Å². The van der Waals surface area contributed by atoms with Crippen molar-refractivity contribution in [2.75, 3.05) is 26.2 Å². The minimum atomic E-state index is -0.0640. The van der Waals surface area contributed by atoms with E-state index in [-0.39, 0.29) is 18.4 Å². The van der Waals surface area contributed by atoms with Gasteiger partial charge in [0.05, 0.1) is 12.3 Å². The van der Waals surface area contributed by atoms with Gasteiger partial charge in [-0.15, -0.1) is 0 Å². The number of nitrogens with zero attached hydrogens (tertiary/aromatic N) is 2. The number of aryl methyl sites for hydroxylation is 1. The fourth-order valence-electron chi connectivity index (χ4n) is 3.20. The Kier molecular flexibility index (Phi) is 3.92. The highest BCUT2D eigenvalue weighted by Crippen LogP contribution is 2.48. The molecule has 0 spiro atoms. The Hall–Kier alpha value is -1.17. The van der Waals surface area contributed by atoms with E-state index in [9.17, 15) is 10.2 Å². The lowest BCUT2D eigenvalue weighted by molar-refractivity contribution is 0.150. The number of aromatic hydroxyl groups is 1. The number of rotatable bonds is 4. The summed E-state index contributed by atoms with van der Waals surface area (Å²) in [6.07, 6.45) is 4.13. The Morgan fingerprint density at radius 2 is 2.10 bits per heavy atom. The van der Waals surface area contributed by atoms with Crippen LogP contribution in [0, 0.1) is 12.8 Å². The molecule has 2 heterocycles. The van der Waals surface area contributed by atoms with Crippen LogP contribution in [0.1, 0.15) is 35.7 Å². The summed E-state index contributed by atoms with van der Waals surface area (Å²) in [4.78, 5) is 6.62.